The lowest BCUT2D eigenvalue weighted by molar-refractivity contribution is 0.625. The van der Waals surface area contributed by atoms with Crippen molar-refractivity contribution in [2.45, 2.75) is 6.42 Å². The van der Waals surface area contributed by atoms with Gasteiger partial charge in [-0.25, -0.2) is 4.39 Å². The highest BCUT2D eigenvalue weighted by Gasteiger charge is 2.02. The predicted molar refractivity (Wildman–Crippen MR) is 79.4 cm³/mol. The van der Waals surface area contributed by atoms with E-state index in [1.807, 2.05) is 32.3 Å². The molecule has 19 heavy (non-hydrogen) atoms. The fourth-order valence-corrected chi connectivity index (χ4v) is 2.02. The van der Waals surface area contributed by atoms with Crippen molar-refractivity contribution in [1.29, 1.82) is 0 Å². The molecular formula is C16H19FN2. The first kappa shape index (κ1) is 13.4. The van der Waals surface area contributed by atoms with Crippen LogP contribution in [0.2, 0.25) is 0 Å². The molecule has 2 aromatic carbocycles. The zero-order valence-electron chi connectivity index (χ0n) is 11.4. The summed E-state index contributed by atoms with van der Waals surface area (Å²) in [7, 11) is 3.96. The Labute approximate surface area is 113 Å². The molecule has 0 aliphatic heterocycles. The first-order valence-corrected chi connectivity index (χ1v) is 6.42. The predicted octanol–water partition coefficient (Wildman–Crippen LogP) is 3.55. The molecule has 2 nitrogen and oxygen atoms in total. The Bertz CT molecular complexity index is 540. The van der Waals surface area contributed by atoms with Gasteiger partial charge in [-0.15, -0.1) is 0 Å². The molecule has 0 spiro atoms. The monoisotopic (exact) mass is 258 g/mol. The number of likely N-dealkylation sites (N-methyl/N-ethyl adjacent to an activating group) is 1. The van der Waals surface area contributed by atoms with Crippen LogP contribution in [0, 0.1) is 5.82 Å². The molecule has 100 valence electrons. The van der Waals surface area contributed by atoms with Crippen LogP contribution >= 0.6 is 0 Å². The molecule has 0 atom stereocenters. The Hall–Kier alpha value is -2.03. The lowest BCUT2D eigenvalue weighted by Gasteiger charge is -2.20. The van der Waals surface area contributed by atoms with E-state index < -0.39 is 0 Å². The van der Waals surface area contributed by atoms with E-state index >= 15 is 0 Å². The summed E-state index contributed by atoms with van der Waals surface area (Å²) in [5, 5.41) is 3.13. The van der Waals surface area contributed by atoms with Crippen LogP contribution in [0.15, 0.2) is 48.5 Å². The van der Waals surface area contributed by atoms with E-state index in [0.717, 1.165) is 29.9 Å². The SMILES string of the molecule is CNc1cccc(N(C)CCc2cccc(F)c2)c1. The molecule has 0 unspecified atom stereocenters. The average molecular weight is 258 g/mol. The molecule has 0 bridgehead atoms. The van der Waals surface area contributed by atoms with E-state index in [1.54, 1.807) is 12.1 Å². The van der Waals surface area contributed by atoms with Crippen molar-refractivity contribution in [3.05, 3.63) is 59.9 Å². The van der Waals surface area contributed by atoms with Gasteiger partial charge in [0.2, 0.25) is 0 Å². The fraction of sp³-hybridized carbons (Fsp3) is 0.250. The maximum absolute atomic E-state index is 13.1. The highest BCUT2D eigenvalue weighted by molar-refractivity contribution is 5.57. The summed E-state index contributed by atoms with van der Waals surface area (Å²) in [6, 6.07) is 15.0. The minimum absolute atomic E-state index is 0.169. The standard InChI is InChI=1S/C16H19FN2/c1-18-15-7-4-8-16(12-15)19(2)10-9-13-5-3-6-14(17)11-13/h3-8,11-12,18H,9-10H2,1-2H3. The van der Waals surface area contributed by atoms with Gasteiger partial charge in [-0.1, -0.05) is 18.2 Å². The van der Waals surface area contributed by atoms with Gasteiger partial charge in [0.25, 0.3) is 0 Å². The van der Waals surface area contributed by atoms with Crippen molar-refractivity contribution in [1.82, 2.24) is 0 Å². The maximum Gasteiger partial charge on any atom is 0.123 e. The molecule has 0 saturated heterocycles. The van der Waals surface area contributed by atoms with E-state index in [0.29, 0.717) is 0 Å². The molecule has 3 heteroatoms. The van der Waals surface area contributed by atoms with Crippen LogP contribution in [-0.2, 0) is 6.42 Å². The molecule has 2 aromatic rings. The second-order valence-electron chi connectivity index (χ2n) is 4.60. The van der Waals surface area contributed by atoms with E-state index in [2.05, 4.69) is 22.3 Å². The molecule has 0 saturated carbocycles. The van der Waals surface area contributed by atoms with Crippen LogP contribution in [0.5, 0.6) is 0 Å². The number of benzene rings is 2. The number of nitrogens with zero attached hydrogens (tertiary/aromatic N) is 1. The molecule has 0 aromatic heterocycles. The zero-order valence-corrected chi connectivity index (χ0v) is 11.4. The molecule has 0 aliphatic carbocycles. The van der Waals surface area contributed by atoms with Gasteiger partial charge in [-0.2, -0.15) is 0 Å². The third-order valence-corrected chi connectivity index (χ3v) is 3.20. The molecule has 2 rings (SSSR count). The van der Waals surface area contributed by atoms with Gasteiger partial charge in [0, 0.05) is 32.0 Å². The summed E-state index contributed by atoms with van der Waals surface area (Å²) < 4.78 is 13.1. The molecule has 1 N–H and O–H groups in total. The van der Waals surface area contributed by atoms with Gasteiger partial charge < -0.3 is 10.2 Å². The number of hydrogen-bond acceptors (Lipinski definition) is 2. The summed E-state index contributed by atoms with van der Waals surface area (Å²) >= 11 is 0. The quantitative estimate of drug-likeness (QED) is 0.882. The second-order valence-corrected chi connectivity index (χ2v) is 4.60. The smallest absolute Gasteiger partial charge is 0.123 e. The van der Waals surface area contributed by atoms with Crippen molar-refractivity contribution in [3.63, 3.8) is 0 Å². The summed E-state index contributed by atoms with van der Waals surface area (Å²) in [6.07, 6.45) is 0.831. The Morgan fingerprint density at radius 1 is 1.11 bits per heavy atom. The van der Waals surface area contributed by atoms with Crippen molar-refractivity contribution in [2.24, 2.45) is 0 Å². The van der Waals surface area contributed by atoms with Gasteiger partial charge >= 0.3 is 0 Å². The van der Waals surface area contributed by atoms with Crippen molar-refractivity contribution in [2.75, 3.05) is 30.9 Å². The topological polar surface area (TPSA) is 15.3 Å². The summed E-state index contributed by atoms with van der Waals surface area (Å²) in [4.78, 5) is 2.17. The lowest BCUT2D eigenvalue weighted by Crippen LogP contribution is -2.20. The number of rotatable bonds is 5. The van der Waals surface area contributed by atoms with Crippen LogP contribution in [0.1, 0.15) is 5.56 Å². The van der Waals surface area contributed by atoms with Gasteiger partial charge in [0.05, 0.1) is 0 Å². The highest BCUT2D eigenvalue weighted by atomic mass is 19.1. The number of nitrogens with one attached hydrogen (secondary N) is 1. The molecule has 0 heterocycles. The molecule has 0 aliphatic rings. The summed E-state index contributed by atoms with van der Waals surface area (Å²) in [5.74, 6) is -0.169. The Kier molecular flexibility index (Phi) is 4.39. The Morgan fingerprint density at radius 2 is 1.89 bits per heavy atom. The van der Waals surface area contributed by atoms with E-state index in [4.69, 9.17) is 0 Å². The van der Waals surface area contributed by atoms with Gasteiger partial charge in [-0.05, 0) is 42.3 Å². The van der Waals surface area contributed by atoms with Gasteiger partial charge in [0.1, 0.15) is 5.82 Å². The van der Waals surface area contributed by atoms with Crippen LogP contribution < -0.4 is 10.2 Å². The largest absolute Gasteiger partial charge is 0.388 e. The van der Waals surface area contributed by atoms with Crippen LogP contribution in [0.4, 0.5) is 15.8 Å². The number of hydrogen-bond donors (Lipinski definition) is 1. The molecule has 0 fully saturated rings. The van der Waals surface area contributed by atoms with Crippen LogP contribution in [0.3, 0.4) is 0 Å². The maximum atomic E-state index is 13.1. The van der Waals surface area contributed by atoms with Crippen molar-refractivity contribution >= 4 is 11.4 Å². The minimum Gasteiger partial charge on any atom is -0.388 e. The average Bonchev–Trinajstić information content (AvgIpc) is 2.45. The van der Waals surface area contributed by atoms with E-state index in [1.165, 1.54) is 6.07 Å². The molecular weight excluding hydrogens is 239 g/mol. The zero-order chi connectivity index (χ0) is 13.7. The number of anilines is 2. The third kappa shape index (κ3) is 3.71. The second kappa shape index (κ2) is 6.23. The molecule has 0 amide bonds. The Balaban J connectivity index is 1.99. The normalized spacial score (nSPS) is 10.3. The summed E-state index contributed by atoms with van der Waals surface area (Å²) in [5.41, 5.74) is 3.27. The minimum atomic E-state index is -0.169. The van der Waals surface area contributed by atoms with Crippen LogP contribution in [0.25, 0.3) is 0 Å². The van der Waals surface area contributed by atoms with E-state index in [-0.39, 0.29) is 5.82 Å². The number of halogens is 1. The van der Waals surface area contributed by atoms with E-state index in [9.17, 15) is 4.39 Å². The molecule has 0 radical (unpaired) electrons. The third-order valence-electron chi connectivity index (χ3n) is 3.20. The first-order valence-electron chi connectivity index (χ1n) is 6.42. The van der Waals surface area contributed by atoms with Gasteiger partial charge in [-0.3, -0.25) is 0 Å². The van der Waals surface area contributed by atoms with Crippen molar-refractivity contribution in [3.8, 4) is 0 Å². The first-order chi connectivity index (χ1) is 9.19. The lowest BCUT2D eigenvalue weighted by atomic mass is 10.1. The fourth-order valence-electron chi connectivity index (χ4n) is 2.02. The Morgan fingerprint density at radius 3 is 2.63 bits per heavy atom. The van der Waals surface area contributed by atoms with Crippen LogP contribution in [-0.4, -0.2) is 20.6 Å². The highest BCUT2D eigenvalue weighted by Crippen LogP contribution is 2.18. The summed E-state index contributed by atoms with van der Waals surface area (Å²) in [6.45, 7) is 0.858. The van der Waals surface area contributed by atoms with Crippen molar-refractivity contribution < 1.29 is 4.39 Å². The van der Waals surface area contributed by atoms with Gasteiger partial charge in [0.15, 0.2) is 0 Å².